The molecule has 4 rings (SSSR count). The third kappa shape index (κ3) is 6.14. The van der Waals surface area contributed by atoms with E-state index in [0.717, 1.165) is 30.1 Å². The highest BCUT2D eigenvalue weighted by Crippen LogP contribution is 2.21. The SMILES string of the molecule is Cc1ccc(-c2ccc(C(=O)NCCCN3CCC(N4CCCCC4)CC3)nc2)cc1. The minimum atomic E-state index is -0.0840. The molecule has 1 N–H and O–H groups in total. The van der Waals surface area contributed by atoms with Gasteiger partial charge < -0.3 is 15.1 Å². The molecule has 0 bridgehead atoms. The van der Waals surface area contributed by atoms with Crippen LogP contribution < -0.4 is 5.32 Å². The Morgan fingerprint density at radius 2 is 1.68 bits per heavy atom. The molecule has 0 radical (unpaired) electrons. The number of benzene rings is 1. The molecule has 2 fully saturated rings. The van der Waals surface area contributed by atoms with E-state index in [1.807, 2.05) is 12.1 Å². The lowest BCUT2D eigenvalue weighted by atomic mass is 10.00. The van der Waals surface area contributed by atoms with E-state index in [9.17, 15) is 4.79 Å². The summed E-state index contributed by atoms with van der Waals surface area (Å²) in [6, 6.07) is 12.9. The molecule has 2 aliphatic heterocycles. The average Bonchev–Trinajstić information content (AvgIpc) is 2.83. The summed E-state index contributed by atoms with van der Waals surface area (Å²) in [6.07, 6.45) is 9.53. The molecule has 0 unspecified atom stereocenters. The number of piperidine rings is 2. The number of amides is 1. The lowest BCUT2D eigenvalue weighted by molar-refractivity contribution is 0.0901. The first-order chi connectivity index (χ1) is 15.2. The van der Waals surface area contributed by atoms with Crippen molar-refractivity contribution in [3.8, 4) is 11.1 Å². The van der Waals surface area contributed by atoms with Crippen molar-refractivity contribution < 1.29 is 4.79 Å². The quantitative estimate of drug-likeness (QED) is 0.685. The van der Waals surface area contributed by atoms with Crippen LogP contribution >= 0.6 is 0 Å². The molecular formula is C26H36N4O. The Kier molecular flexibility index (Phi) is 7.71. The highest BCUT2D eigenvalue weighted by molar-refractivity contribution is 5.92. The van der Waals surface area contributed by atoms with Crippen molar-refractivity contribution in [2.75, 3.05) is 39.3 Å². The van der Waals surface area contributed by atoms with Crippen LogP contribution in [0.3, 0.4) is 0 Å². The number of nitrogens with zero attached hydrogens (tertiary/aromatic N) is 3. The van der Waals surface area contributed by atoms with E-state index in [4.69, 9.17) is 0 Å². The van der Waals surface area contributed by atoms with Crippen LogP contribution in [0, 0.1) is 6.92 Å². The fourth-order valence-corrected chi connectivity index (χ4v) is 4.83. The van der Waals surface area contributed by atoms with Crippen LogP contribution in [0.2, 0.25) is 0 Å². The van der Waals surface area contributed by atoms with Crippen LogP contribution in [-0.2, 0) is 0 Å². The van der Waals surface area contributed by atoms with Gasteiger partial charge in [0.1, 0.15) is 5.69 Å². The normalized spacial score (nSPS) is 18.7. The third-order valence-corrected chi connectivity index (χ3v) is 6.78. The average molecular weight is 421 g/mol. The van der Waals surface area contributed by atoms with E-state index < -0.39 is 0 Å². The first kappa shape index (κ1) is 22.0. The smallest absolute Gasteiger partial charge is 0.269 e. The maximum Gasteiger partial charge on any atom is 0.269 e. The van der Waals surface area contributed by atoms with Crippen molar-refractivity contribution >= 4 is 5.91 Å². The second-order valence-electron chi connectivity index (χ2n) is 9.08. The van der Waals surface area contributed by atoms with E-state index in [0.29, 0.717) is 12.2 Å². The van der Waals surface area contributed by atoms with E-state index in [-0.39, 0.29) is 5.91 Å². The maximum absolute atomic E-state index is 12.4. The third-order valence-electron chi connectivity index (χ3n) is 6.78. The summed E-state index contributed by atoms with van der Waals surface area (Å²) in [6.45, 7) is 8.83. The first-order valence-corrected chi connectivity index (χ1v) is 12.0. The van der Waals surface area contributed by atoms with Gasteiger partial charge in [-0.15, -0.1) is 0 Å². The van der Waals surface area contributed by atoms with Gasteiger partial charge in [0, 0.05) is 24.3 Å². The number of carbonyl (C=O) groups excluding carboxylic acids is 1. The van der Waals surface area contributed by atoms with Gasteiger partial charge in [0.05, 0.1) is 0 Å². The molecule has 3 heterocycles. The van der Waals surface area contributed by atoms with Crippen LogP contribution in [0.25, 0.3) is 11.1 Å². The van der Waals surface area contributed by atoms with Gasteiger partial charge in [0.15, 0.2) is 0 Å². The highest BCUT2D eigenvalue weighted by atomic mass is 16.1. The molecule has 2 saturated heterocycles. The molecule has 0 aliphatic carbocycles. The zero-order valence-electron chi connectivity index (χ0n) is 18.9. The molecule has 0 atom stereocenters. The van der Waals surface area contributed by atoms with Crippen molar-refractivity contribution in [3.63, 3.8) is 0 Å². The summed E-state index contributed by atoms with van der Waals surface area (Å²) in [4.78, 5) is 22.1. The Labute approximate surface area is 186 Å². The monoisotopic (exact) mass is 420 g/mol. The van der Waals surface area contributed by atoms with Gasteiger partial charge in [-0.3, -0.25) is 9.78 Å². The summed E-state index contributed by atoms with van der Waals surface area (Å²) >= 11 is 0. The standard InChI is InChI=1S/C26H36N4O/c1-21-6-8-22(9-7-21)23-10-11-25(28-20-23)26(31)27-14-5-15-29-18-12-24(13-19-29)30-16-3-2-4-17-30/h6-11,20,24H,2-5,12-19H2,1H3,(H,27,31). The number of nitrogens with one attached hydrogen (secondary N) is 1. The fraction of sp³-hybridized carbons (Fsp3) is 0.538. The minimum Gasteiger partial charge on any atom is -0.351 e. The minimum absolute atomic E-state index is 0.0840. The molecule has 2 aliphatic rings. The van der Waals surface area contributed by atoms with Crippen LogP contribution in [0.4, 0.5) is 0 Å². The molecule has 0 spiro atoms. The predicted octanol–water partition coefficient (Wildman–Crippen LogP) is 4.13. The van der Waals surface area contributed by atoms with Crippen molar-refractivity contribution in [2.45, 2.75) is 51.5 Å². The summed E-state index contributed by atoms with van der Waals surface area (Å²) in [5.41, 5.74) is 3.87. The second-order valence-corrected chi connectivity index (χ2v) is 9.08. The number of hydrogen-bond donors (Lipinski definition) is 1. The number of aromatic nitrogens is 1. The maximum atomic E-state index is 12.4. The number of likely N-dealkylation sites (tertiary alicyclic amines) is 2. The Morgan fingerprint density at radius 1 is 0.968 bits per heavy atom. The molecule has 5 heteroatoms. The first-order valence-electron chi connectivity index (χ1n) is 12.0. The van der Waals surface area contributed by atoms with Crippen LogP contribution in [-0.4, -0.2) is 66.0 Å². The highest BCUT2D eigenvalue weighted by Gasteiger charge is 2.25. The molecule has 166 valence electrons. The Balaban J connectivity index is 1.15. The van der Waals surface area contributed by atoms with Crippen LogP contribution in [0.1, 0.15) is 54.6 Å². The lowest BCUT2D eigenvalue weighted by Crippen LogP contribution is -2.47. The van der Waals surface area contributed by atoms with Gasteiger partial charge in [0.2, 0.25) is 0 Å². The summed E-state index contributed by atoms with van der Waals surface area (Å²) in [7, 11) is 0. The number of pyridine rings is 1. The van der Waals surface area contributed by atoms with E-state index in [1.54, 1.807) is 6.20 Å². The molecule has 1 amide bonds. The molecular weight excluding hydrogens is 384 g/mol. The Morgan fingerprint density at radius 3 is 2.35 bits per heavy atom. The van der Waals surface area contributed by atoms with E-state index in [1.165, 1.54) is 63.8 Å². The number of carbonyl (C=O) groups is 1. The molecule has 31 heavy (non-hydrogen) atoms. The van der Waals surface area contributed by atoms with Gasteiger partial charge in [-0.25, -0.2) is 0 Å². The van der Waals surface area contributed by atoms with Crippen molar-refractivity contribution in [2.24, 2.45) is 0 Å². The molecule has 1 aromatic carbocycles. The van der Waals surface area contributed by atoms with Crippen LogP contribution in [0.15, 0.2) is 42.6 Å². The lowest BCUT2D eigenvalue weighted by Gasteiger charge is -2.40. The number of hydrogen-bond acceptors (Lipinski definition) is 4. The van der Waals surface area contributed by atoms with Gasteiger partial charge in [-0.2, -0.15) is 0 Å². The molecule has 0 saturated carbocycles. The van der Waals surface area contributed by atoms with Gasteiger partial charge in [-0.1, -0.05) is 42.3 Å². The summed E-state index contributed by atoms with van der Waals surface area (Å²) in [5, 5.41) is 3.03. The van der Waals surface area contributed by atoms with Gasteiger partial charge in [-0.05, 0) is 83.4 Å². The van der Waals surface area contributed by atoms with Crippen molar-refractivity contribution in [3.05, 3.63) is 53.9 Å². The Hall–Kier alpha value is -2.24. The number of rotatable bonds is 7. The topological polar surface area (TPSA) is 48.5 Å². The summed E-state index contributed by atoms with van der Waals surface area (Å²) < 4.78 is 0. The largest absolute Gasteiger partial charge is 0.351 e. The molecule has 5 nitrogen and oxygen atoms in total. The fourth-order valence-electron chi connectivity index (χ4n) is 4.83. The summed E-state index contributed by atoms with van der Waals surface area (Å²) in [5.74, 6) is -0.0840. The van der Waals surface area contributed by atoms with Gasteiger partial charge >= 0.3 is 0 Å². The van der Waals surface area contributed by atoms with Gasteiger partial charge in [0.25, 0.3) is 5.91 Å². The second kappa shape index (κ2) is 10.9. The van der Waals surface area contributed by atoms with E-state index >= 15 is 0 Å². The van der Waals surface area contributed by atoms with Crippen molar-refractivity contribution in [1.29, 1.82) is 0 Å². The Bertz CT molecular complexity index is 819. The molecule has 1 aromatic heterocycles. The molecule has 2 aromatic rings. The zero-order valence-corrected chi connectivity index (χ0v) is 18.9. The zero-order chi connectivity index (χ0) is 21.5. The van der Waals surface area contributed by atoms with Crippen LogP contribution in [0.5, 0.6) is 0 Å². The number of aryl methyl sites for hydroxylation is 1. The van der Waals surface area contributed by atoms with E-state index in [2.05, 4.69) is 51.3 Å². The van der Waals surface area contributed by atoms with Crippen molar-refractivity contribution in [1.82, 2.24) is 20.1 Å². The predicted molar refractivity (Wildman–Crippen MR) is 126 cm³/mol.